The van der Waals surface area contributed by atoms with E-state index in [1.54, 1.807) is 55.5 Å². The van der Waals surface area contributed by atoms with Gasteiger partial charge in [-0.1, -0.05) is 63.0 Å². The van der Waals surface area contributed by atoms with Crippen molar-refractivity contribution in [1.29, 1.82) is 0 Å². The molecule has 7 heteroatoms. The van der Waals surface area contributed by atoms with E-state index in [1.807, 2.05) is 0 Å². The molecule has 0 amide bonds. The number of rotatable bonds is 5. The third-order valence-electron chi connectivity index (χ3n) is 3.70. The Hall–Kier alpha value is -2.44. The lowest BCUT2D eigenvalue weighted by atomic mass is 10.1. The molecule has 1 heterocycles. The molecule has 0 fully saturated rings. The lowest BCUT2D eigenvalue weighted by molar-refractivity contribution is 0.0473. The van der Waals surface area contributed by atoms with Crippen molar-refractivity contribution in [1.82, 2.24) is 5.16 Å². The zero-order chi connectivity index (χ0) is 18.7. The van der Waals surface area contributed by atoms with Crippen LogP contribution in [0.2, 0.25) is 5.02 Å². The van der Waals surface area contributed by atoms with Gasteiger partial charge in [-0.3, -0.25) is 4.79 Å². The number of hydrogen-bond acceptors (Lipinski definition) is 5. The second-order valence-electron chi connectivity index (χ2n) is 5.45. The van der Waals surface area contributed by atoms with Gasteiger partial charge in [-0.15, -0.1) is 0 Å². The van der Waals surface area contributed by atoms with Crippen molar-refractivity contribution in [2.45, 2.75) is 6.92 Å². The number of aryl methyl sites for hydroxylation is 1. The highest BCUT2D eigenvalue weighted by Gasteiger charge is 2.25. The SMILES string of the molecule is Cc1onc(-c2ccccc2Cl)c1C(=O)OCC(=O)c1ccc(Br)cc1. The van der Waals surface area contributed by atoms with Crippen molar-refractivity contribution in [3.05, 3.63) is 74.9 Å². The summed E-state index contributed by atoms with van der Waals surface area (Å²) in [6, 6.07) is 13.8. The molecule has 0 aliphatic heterocycles. The Balaban J connectivity index is 1.79. The van der Waals surface area contributed by atoms with Crippen molar-refractivity contribution in [2.75, 3.05) is 6.61 Å². The Morgan fingerprint density at radius 2 is 1.85 bits per heavy atom. The van der Waals surface area contributed by atoms with Gasteiger partial charge in [0.15, 0.2) is 12.4 Å². The summed E-state index contributed by atoms with van der Waals surface area (Å²) >= 11 is 9.48. The third kappa shape index (κ3) is 3.86. The van der Waals surface area contributed by atoms with Crippen molar-refractivity contribution in [2.24, 2.45) is 0 Å². The molecule has 26 heavy (non-hydrogen) atoms. The third-order valence-corrected chi connectivity index (χ3v) is 4.55. The van der Waals surface area contributed by atoms with Crippen LogP contribution in [0.25, 0.3) is 11.3 Å². The summed E-state index contributed by atoms with van der Waals surface area (Å²) in [5, 5.41) is 4.34. The van der Waals surface area contributed by atoms with E-state index in [9.17, 15) is 9.59 Å². The maximum atomic E-state index is 12.5. The molecular weight excluding hydrogens is 422 g/mol. The molecule has 0 atom stereocenters. The molecule has 3 aromatic rings. The summed E-state index contributed by atoms with van der Waals surface area (Å²) < 4.78 is 11.2. The first-order valence-electron chi connectivity index (χ1n) is 7.64. The number of halogens is 2. The largest absolute Gasteiger partial charge is 0.454 e. The van der Waals surface area contributed by atoms with Gasteiger partial charge in [-0.25, -0.2) is 4.79 Å². The Morgan fingerprint density at radius 3 is 2.54 bits per heavy atom. The van der Waals surface area contributed by atoms with Crippen LogP contribution in [-0.2, 0) is 4.74 Å². The summed E-state index contributed by atoms with van der Waals surface area (Å²) in [6.07, 6.45) is 0. The molecule has 0 N–H and O–H groups in total. The maximum Gasteiger partial charge on any atom is 0.344 e. The fraction of sp³-hybridized carbons (Fsp3) is 0.105. The zero-order valence-electron chi connectivity index (χ0n) is 13.7. The minimum atomic E-state index is -0.691. The molecule has 0 saturated carbocycles. The van der Waals surface area contributed by atoms with Gasteiger partial charge >= 0.3 is 5.97 Å². The van der Waals surface area contributed by atoms with Gasteiger partial charge in [0.25, 0.3) is 0 Å². The quantitative estimate of drug-likeness (QED) is 0.412. The van der Waals surface area contributed by atoms with Crippen LogP contribution in [-0.4, -0.2) is 23.5 Å². The van der Waals surface area contributed by atoms with Gasteiger partial charge in [0, 0.05) is 15.6 Å². The molecule has 0 bridgehead atoms. The number of ether oxygens (including phenoxy) is 1. The average Bonchev–Trinajstić information content (AvgIpc) is 3.02. The number of Topliss-reactive ketones (excluding diaryl/α,β-unsaturated/α-hetero) is 1. The second-order valence-corrected chi connectivity index (χ2v) is 6.77. The Morgan fingerprint density at radius 1 is 1.15 bits per heavy atom. The lowest BCUT2D eigenvalue weighted by Crippen LogP contribution is -2.15. The normalized spacial score (nSPS) is 10.6. The van der Waals surface area contributed by atoms with Crippen molar-refractivity contribution in [3.63, 3.8) is 0 Å². The van der Waals surface area contributed by atoms with E-state index in [4.69, 9.17) is 20.9 Å². The van der Waals surface area contributed by atoms with Crippen LogP contribution in [0.1, 0.15) is 26.5 Å². The number of benzene rings is 2. The number of carbonyl (C=O) groups is 2. The molecule has 2 aromatic carbocycles. The van der Waals surface area contributed by atoms with Crippen LogP contribution in [0, 0.1) is 6.92 Å². The number of carbonyl (C=O) groups excluding carboxylic acids is 2. The topological polar surface area (TPSA) is 69.4 Å². The molecule has 0 radical (unpaired) electrons. The zero-order valence-corrected chi connectivity index (χ0v) is 16.0. The molecular formula is C19H13BrClNO4. The second kappa shape index (κ2) is 7.85. The number of esters is 1. The molecule has 0 aliphatic rings. The summed E-state index contributed by atoms with van der Waals surface area (Å²) in [6.45, 7) is 1.22. The predicted octanol–water partition coefficient (Wildman–Crippen LogP) is 5.11. The fourth-order valence-electron chi connectivity index (χ4n) is 2.37. The highest BCUT2D eigenvalue weighted by atomic mass is 79.9. The van der Waals surface area contributed by atoms with E-state index in [2.05, 4.69) is 21.1 Å². The summed E-state index contributed by atoms with van der Waals surface area (Å²) in [7, 11) is 0. The highest BCUT2D eigenvalue weighted by Crippen LogP contribution is 2.31. The van der Waals surface area contributed by atoms with Crippen molar-refractivity contribution < 1.29 is 18.8 Å². The van der Waals surface area contributed by atoms with Gasteiger partial charge in [0.2, 0.25) is 0 Å². The number of hydrogen-bond donors (Lipinski definition) is 0. The number of aromatic nitrogens is 1. The average molecular weight is 435 g/mol. The number of nitrogens with zero attached hydrogens (tertiary/aromatic N) is 1. The molecule has 1 aromatic heterocycles. The minimum absolute atomic E-state index is 0.154. The van der Waals surface area contributed by atoms with E-state index >= 15 is 0 Å². The Kier molecular flexibility index (Phi) is 5.54. The highest BCUT2D eigenvalue weighted by molar-refractivity contribution is 9.10. The van der Waals surface area contributed by atoms with Crippen LogP contribution in [0.4, 0.5) is 0 Å². The van der Waals surface area contributed by atoms with E-state index in [0.717, 1.165) is 4.47 Å². The maximum absolute atomic E-state index is 12.5. The van der Waals surface area contributed by atoms with Crippen LogP contribution in [0.3, 0.4) is 0 Å². The van der Waals surface area contributed by atoms with Crippen molar-refractivity contribution in [3.8, 4) is 11.3 Å². The Bertz CT molecular complexity index is 966. The van der Waals surface area contributed by atoms with Gasteiger partial charge in [-0.2, -0.15) is 0 Å². The first kappa shape index (κ1) is 18.4. The smallest absolute Gasteiger partial charge is 0.344 e. The molecule has 0 saturated heterocycles. The molecule has 5 nitrogen and oxygen atoms in total. The molecule has 0 unspecified atom stereocenters. The summed E-state index contributed by atoms with van der Waals surface area (Å²) in [4.78, 5) is 24.7. The van der Waals surface area contributed by atoms with Gasteiger partial charge in [0.05, 0.1) is 5.02 Å². The van der Waals surface area contributed by atoms with Gasteiger partial charge in [0.1, 0.15) is 17.0 Å². The van der Waals surface area contributed by atoms with E-state index in [0.29, 0.717) is 21.9 Å². The van der Waals surface area contributed by atoms with Crippen LogP contribution in [0.5, 0.6) is 0 Å². The predicted molar refractivity (Wildman–Crippen MR) is 100 cm³/mol. The van der Waals surface area contributed by atoms with Gasteiger partial charge in [-0.05, 0) is 25.1 Å². The minimum Gasteiger partial charge on any atom is -0.454 e. The molecule has 0 spiro atoms. The summed E-state index contributed by atoms with van der Waals surface area (Å²) in [5.74, 6) is -0.704. The first-order valence-corrected chi connectivity index (χ1v) is 8.81. The molecule has 3 rings (SSSR count). The van der Waals surface area contributed by atoms with Crippen molar-refractivity contribution >= 4 is 39.3 Å². The van der Waals surface area contributed by atoms with Gasteiger partial charge < -0.3 is 9.26 Å². The van der Waals surface area contributed by atoms with Crippen LogP contribution >= 0.6 is 27.5 Å². The monoisotopic (exact) mass is 433 g/mol. The van der Waals surface area contributed by atoms with E-state index in [-0.39, 0.29) is 23.6 Å². The molecule has 132 valence electrons. The fourth-order valence-corrected chi connectivity index (χ4v) is 2.86. The summed E-state index contributed by atoms with van der Waals surface area (Å²) in [5.41, 5.74) is 1.45. The number of ketones is 1. The standard InChI is InChI=1S/C19H13BrClNO4/c1-11-17(18(22-26-11)14-4-2-3-5-15(14)21)19(24)25-10-16(23)12-6-8-13(20)9-7-12/h2-9H,10H2,1H3. The van der Waals surface area contributed by atoms with Crippen LogP contribution in [0.15, 0.2) is 57.5 Å². The van der Waals surface area contributed by atoms with Crippen LogP contribution < -0.4 is 0 Å². The first-order chi connectivity index (χ1) is 12.5. The molecule has 0 aliphatic carbocycles. The lowest BCUT2D eigenvalue weighted by Gasteiger charge is -2.06. The van der Waals surface area contributed by atoms with E-state index < -0.39 is 5.97 Å². The van der Waals surface area contributed by atoms with E-state index in [1.165, 1.54) is 0 Å². The Labute approximate surface area is 163 Å².